The molecule has 0 unspecified atom stereocenters. The Hall–Kier alpha value is -1.65. The van der Waals surface area contributed by atoms with Gasteiger partial charge in [-0.05, 0) is 12.1 Å². The van der Waals surface area contributed by atoms with E-state index in [-0.39, 0.29) is 0 Å². The number of pyridine rings is 1. The number of thiazole rings is 1. The molecule has 5 heteroatoms. The third-order valence-corrected chi connectivity index (χ3v) is 3.75. The van der Waals surface area contributed by atoms with E-state index in [2.05, 4.69) is 21.4 Å². The Morgan fingerprint density at radius 3 is 3.00 bits per heavy atom. The second-order valence-corrected chi connectivity index (χ2v) is 5.56. The first-order valence-electron chi connectivity index (χ1n) is 5.50. The third-order valence-electron chi connectivity index (χ3n) is 2.64. The van der Waals surface area contributed by atoms with Gasteiger partial charge in [-0.25, -0.2) is 4.98 Å². The minimum absolute atomic E-state index is 0.679. The van der Waals surface area contributed by atoms with E-state index in [1.807, 2.05) is 24.4 Å². The summed E-state index contributed by atoms with van der Waals surface area (Å²) in [5.41, 5.74) is 1.08. The molecule has 0 atom stereocenters. The van der Waals surface area contributed by atoms with Gasteiger partial charge in [0.15, 0.2) is 0 Å². The first-order valence-corrected chi connectivity index (χ1v) is 6.69. The van der Waals surface area contributed by atoms with Crippen molar-refractivity contribution in [3.63, 3.8) is 0 Å². The molecule has 2 aromatic heterocycles. The number of anilines is 1. The summed E-state index contributed by atoms with van der Waals surface area (Å²) < 4.78 is 0.717. The van der Waals surface area contributed by atoms with Gasteiger partial charge < -0.3 is 5.32 Å². The topological polar surface area (TPSA) is 37.8 Å². The Labute approximate surface area is 113 Å². The molecule has 1 N–H and O–H groups in total. The zero-order valence-electron chi connectivity index (χ0n) is 9.43. The van der Waals surface area contributed by atoms with Gasteiger partial charge in [-0.1, -0.05) is 23.7 Å². The van der Waals surface area contributed by atoms with Crippen LogP contribution in [0.4, 0.5) is 5.69 Å². The maximum Gasteiger partial charge on any atom is 0.113 e. The number of halogens is 1. The monoisotopic (exact) mass is 275 g/mol. The Morgan fingerprint density at radius 1 is 1.22 bits per heavy atom. The molecule has 0 spiro atoms. The number of nitrogens with zero attached hydrogens (tertiary/aromatic N) is 2. The Balaban J connectivity index is 1.86. The van der Waals surface area contributed by atoms with E-state index in [4.69, 9.17) is 11.6 Å². The highest BCUT2D eigenvalue weighted by atomic mass is 35.5. The first-order chi connectivity index (χ1) is 8.83. The molecule has 3 rings (SSSR count). The minimum Gasteiger partial charge on any atom is -0.378 e. The number of hydrogen-bond donors (Lipinski definition) is 1. The van der Waals surface area contributed by atoms with Crippen LogP contribution in [0.3, 0.4) is 0 Å². The van der Waals surface area contributed by atoms with Gasteiger partial charge in [0.05, 0.1) is 12.7 Å². The molecule has 2 heterocycles. The molecule has 90 valence electrons. The van der Waals surface area contributed by atoms with Crippen LogP contribution in [-0.2, 0) is 6.54 Å². The molecule has 0 amide bonds. The summed E-state index contributed by atoms with van der Waals surface area (Å²) in [6.45, 7) is 0.679. The van der Waals surface area contributed by atoms with Crippen molar-refractivity contribution in [2.75, 3.05) is 5.32 Å². The summed E-state index contributed by atoms with van der Waals surface area (Å²) in [7, 11) is 0. The molecule has 0 saturated carbocycles. The quantitative estimate of drug-likeness (QED) is 0.786. The lowest BCUT2D eigenvalue weighted by Crippen LogP contribution is -1.99. The molecule has 1 aromatic carbocycles. The maximum absolute atomic E-state index is 5.86. The molecule has 3 nitrogen and oxygen atoms in total. The molecule has 0 fully saturated rings. The lowest BCUT2D eigenvalue weighted by atomic mass is 10.1. The zero-order valence-corrected chi connectivity index (χ0v) is 11.0. The van der Waals surface area contributed by atoms with E-state index >= 15 is 0 Å². The van der Waals surface area contributed by atoms with Gasteiger partial charge in [0.25, 0.3) is 0 Å². The largest absolute Gasteiger partial charge is 0.378 e. The van der Waals surface area contributed by atoms with Crippen molar-refractivity contribution in [2.45, 2.75) is 6.54 Å². The lowest BCUT2D eigenvalue weighted by molar-refractivity contribution is 1.11. The van der Waals surface area contributed by atoms with E-state index in [0.29, 0.717) is 10.9 Å². The van der Waals surface area contributed by atoms with Crippen LogP contribution in [0.15, 0.2) is 42.9 Å². The summed E-state index contributed by atoms with van der Waals surface area (Å²) in [4.78, 5) is 8.34. The predicted molar refractivity (Wildman–Crippen MR) is 76.2 cm³/mol. The Kier molecular flexibility index (Phi) is 3.13. The fourth-order valence-corrected chi connectivity index (χ4v) is 2.71. The summed E-state index contributed by atoms with van der Waals surface area (Å²) in [5, 5.41) is 6.64. The van der Waals surface area contributed by atoms with Crippen molar-refractivity contribution in [1.29, 1.82) is 0 Å². The van der Waals surface area contributed by atoms with Crippen LogP contribution in [0.1, 0.15) is 5.01 Å². The van der Waals surface area contributed by atoms with Crippen molar-refractivity contribution < 1.29 is 0 Å². The van der Waals surface area contributed by atoms with Gasteiger partial charge in [0.1, 0.15) is 9.34 Å². The molecular weight excluding hydrogens is 266 g/mol. The van der Waals surface area contributed by atoms with E-state index in [9.17, 15) is 0 Å². The second kappa shape index (κ2) is 4.92. The number of rotatable bonds is 3. The lowest BCUT2D eigenvalue weighted by Gasteiger charge is -2.07. The molecule has 0 aliphatic heterocycles. The Morgan fingerprint density at radius 2 is 2.17 bits per heavy atom. The van der Waals surface area contributed by atoms with Crippen LogP contribution < -0.4 is 5.32 Å². The maximum atomic E-state index is 5.86. The molecule has 0 aliphatic carbocycles. The number of aromatic nitrogens is 2. The molecular formula is C13H10ClN3S. The number of benzene rings is 1. The van der Waals surface area contributed by atoms with Gasteiger partial charge in [-0.2, -0.15) is 0 Å². The third kappa shape index (κ3) is 2.30. The fraction of sp³-hybridized carbons (Fsp3) is 0.0769. The van der Waals surface area contributed by atoms with Crippen LogP contribution in [0.5, 0.6) is 0 Å². The van der Waals surface area contributed by atoms with Crippen molar-refractivity contribution in [3.8, 4) is 0 Å². The normalized spacial score (nSPS) is 10.7. The summed E-state index contributed by atoms with van der Waals surface area (Å²) in [5.74, 6) is 0. The molecule has 18 heavy (non-hydrogen) atoms. The van der Waals surface area contributed by atoms with E-state index < -0.39 is 0 Å². The van der Waals surface area contributed by atoms with Crippen molar-refractivity contribution in [2.24, 2.45) is 0 Å². The highest BCUT2D eigenvalue weighted by molar-refractivity contribution is 7.15. The van der Waals surface area contributed by atoms with E-state index in [0.717, 1.165) is 21.5 Å². The standard InChI is InChI=1S/C13H10ClN3S/c14-12-7-17-13(18-12)8-16-11-3-1-2-9-6-15-5-4-10(9)11/h1-7,16H,8H2. The van der Waals surface area contributed by atoms with Crippen LogP contribution in [0.25, 0.3) is 10.8 Å². The smallest absolute Gasteiger partial charge is 0.113 e. The molecule has 0 radical (unpaired) electrons. The minimum atomic E-state index is 0.679. The summed E-state index contributed by atoms with van der Waals surface area (Å²) in [6.07, 6.45) is 5.34. The van der Waals surface area contributed by atoms with Crippen molar-refractivity contribution in [1.82, 2.24) is 9.97 Å². The molecule has 0 bridgehead atoms. The van der Waals surface area contributed by atoms with Crippen molar-refractivity contribution >= 4 is 39.4 Å². The number of hydrogen-bond acceptors (Lipinski definition) is 4. The van der Waals surface area contributed by atoms with Gasteiger partial charge in [0, 0.05) is 28.9 Å². The van der Waals surface area contributed by atoms with Crippen molar-refractivity contribution in [3.05, 3.63) is 52.2 Å². The highest BCUT2D eigenvalue weighted by Gasteiger charge is 2.02. The fourth-order valence-electron chi connectivity index (χ4n) is 1.82. The van der Waals surface area contributed by atoms with Gasteiger partial charge in [-0.15, -0.1) is 11.3 Å². The van der Waals surface area contributed by atoms with Gasteiger partial charge in [0.2, 0.25) is 0 Å². The van der Waals surface area contributed by atoms with Crippen LogP contribution in [0.2, 0.25) is 4.34 Å². The molecule has 0 aliphatic rings. The first kappa shape index (κ1) is 11.4. The Bertz CT molecular complexity index is 675. The summed E-state index contributed by atoms with van der Waals surface area (Å²) >= 11 is 7.35. The average molecular weight is 276 g/mol. The number of nitrogens with one attached hydrogen (secondary N) is 1. The van der Waals surface area contributed by atoms with Crippen LogP contribution >= 0.6 is 22.9 Å². The molecule has 0 saturated heterocycles. The highest BCUT2D eigenvalue weighted by Crippen LogP contribution is 2.24. The van der Waals surface area contributed by atoms with Gasteiger partial charge >= 0.3 is 0 Å². The summed E-state index contributed by atoms with van der Waals surface area (Å²) in [6, 6.07) is 8.12. The molecule has 3 aromatic rings. The average Bonchev–Trinajstić information content (AvgIpc) is 2.82. The van der Waals surface area contributed by atoms with E-state index in [1.54, 1.807) is 12.4 Å². The van der Waals surface area contributed by atoms with E-state index in [1.165, 1.54) is 11.3 Å². The van der Waals surface area contributed by atoms with Crippen LogP contribution in [0, 0.1) is 0 Å². The zero-order chi connectivity index (χ0) is 12.4. The van der Waals surface area contributed by atoms with Crippen LogP contribution in [-0.4, -0.2) is 9.97 Å². The predicted octanol–water partition coefficient (Wildman–Crippen LogP) is 3.96. The SMILES string of the molecule is Clc1cnc(CNc2cccc3cnccc23)s1. The van der Waals surface area contributed by atoms with Gasteiger partial charge in [-0.3, -0.25) is 4.98 Å². The number of fused-ring (bicyclic) bond motifs is 1. The second-order valence-electron chi connectivity index (χ2n) is 3.81.